The number of hydrogen-bond acceptors (Lipinski definition) is 1. The van der Waals surface area contributed by atoms with Crippen molar-refractivity contribution in [1.82, 2.24) is 14.1 Å². The Bertz CT molecular complexity index is 2330. The lowest BCUT2D eigenvalue weighted by Crippen LogP contribution is -2.17. The Morgan fingerprint density at radius 3 is 2.07 bits per heavy atom. The topological polar surface area (TPSA) is 22.8 Å². The molecule has 2 heterocycles. The first-order chi connectivity index (χ1) is 20.1. The Labute approximate surface area is 237 Å². The van der Waals surface area contributed by atoms with E-state index in [2.05, 4.69) is 150 Å². The van der Waals surface area contributed by atoms with Crippen LogP contribution < -0.4 is 0 Å². The Morgan fingerprint density at radius 1 is 0.561 bits per heavy atom. The summed E-state index contributed by atoms with van der Waals surface area (Å²) < 4.78 is 4.73. The fourth-order valence-corrected chi connectivity index (χ4v) is 7.23. The number of aromatic nitrogens is 3. The zero-order chi connectivity index (χ0) is 27.3. The van der Waals surface area contributed by atoms with Gasteiger partial charge in [-0.2, -0.15) is 0 Å². The molecule has 8 aromatic rings. The largest absolute Gasteiger partial charge is 0.279 e. The van der Waals surface area contributed by atoms with Crippen LogP contribution in [0.1, 0.15) is 25.0 Å². The van der Waals surface area contributed by atoms with Crippen LogP contribution in [0.25, 0.3) is 66.4 Å². The van der Waals surface area contributed by atoms with E-state index >= 15 is 0 Å². The molecule has 0 fully saturated rings. The second-order valence-corrected chi connectivity index (χ2v) is 11.7. The molecule has 0 N–H and O–H groups in total. The maximum Gasteiger partial charge on any atom is 0.220 e. The minimum atomic E-state index is -0.191. The molecule has 0 saturated heterocycles. The summed E-state index contributed by atoms with van der Waals surface area (Å²) in [6.07, 6.45) is 0. The lowest BCUT2D eigenvalue weighted by molar-refractivity contribution is 0.664. The molecular weight excluding hydrogens is 498 g/mol. The number of benzene rings is 6. The summed E-state index contributed by atoms with van der Waals surface area (Å²) in [6.45, 7) is 4.77. The first-order valence-electron chi connectivity index (χ1n) is 14.2. The zero-order valence-corrected chi connectivity index (χ0v) is 23.0. The van der Waals surface area contributed by atoms with Crippen LogP contribution in [0.2, 0.25) is 0 Å². The molecule has 0 spiro atoms. The van der Waals surface area contributed by atoms with Crippen molar-refractivity contribution < 1.29 is 0 Å². The molecule has 0 radical (unpaired) electrons. The van der Waals surface area contributed by atoms with Crippen molar-refractivity contribution in [3.63, 3.8) is 0 Å². The SMILES string of the molecule is CC1(C)c2cc3ccccc3cc2-c2ccc3c4ccccc4n(-c4nc5ccccc5n4-c4ccccc4)c3c21. The summed E-state index contributed by atoms with van der Waals surface area (Å²) >= 11 is 0. The molecule has 0 unspecified atom stereocenters. The van der Waals surface area contributed by atoms with Crippen LogP contribution in [0, 0.1) is 0 Å². The highest BCUT2D eigenvalue weighted by Gasteiger charge is 2.39. The van der Waals surface area contributed by atoms with Crippen molar-refractivity contribution in [2.24, 2.45) is 0 Å². The summed E-state index contributed by atoms with van der Waals surface area (Å²) in [4.78, 5) is 5.32. The van der Waals surface area contributed by atoms with Gasteiger partial charge in [-0.05, 0) is 75.5 Å². The maximum atomic E-state index is 5.32. The van der Waals surface area contributed by atoms with Gasteiger partial charge in [-0.1, -0.05) is 98.8 Å². The molecule has 1 aliphatic rings. The highest BCUT2D eigenvalue weighted by atomic mass is 15.2. The molecule has 41 heavy (non-hydrogen) atoms. The number of imidazole rings is 1. The van der Waals surface area contributed by atoms with Gasteiger partial charge in [0.1, 0.15) is 0 Å². The van der Waals surface area contributed by atoms with E-state index in [9.17, 15) is 0 Å². The Balaban J connectivity index is 1.47. The fraction of sp³-hybridized carbons (Fsp3) is 0.0789. The van der Waals surface area contributed by atoms with Gasteiger partial charge in [0.25, 0.3) is 0 Å². The van der Waals surface area contributed by atoms with Gasteiger partial charge in [0, 0.05) is 21.9 Å². The average molecular weight is 526 g/mol. The van der Waals surface area contributed by atoms with Crippen molar-refractivity contribution in [3.05, 3.63) is 139 Å². The quantitative estimate of drug-likeness (QED) is 0.220. The summed E-state index contributed by atoms with van der Waals surface area (Å²) in [5.74, 6) is 0.911. The van der Waals surface area contributed by atoms with Crippen LogP contribution in [0.4, 0.5) is 0 Å². The van der Waals surface area contributed by atoms with Gasteiger partial charge in [0.05, 0.1) is 22.1 Å². The third kappa shape index (κ3) is 2.95. The molecule has 0 amide bonds. The lowest BCUT2D eigenvalue weighted by Gasteiger charge is -2.24. The second kappa shape index (κ2) is 7.96. The normalized spacial score (nSPS) is 13.8. The predicted octanol–water partition coefficient (Wildman–Crippen LogP) is 9.58. The van der Waals surface area contributed by atoms with Gasteiger partial charge >= 0.3 is 0 Å². The van der Waals surface area contributed by atoms with Crippen molar-refractivity contribution >= 4 is 43.6 Å². The number of fused-ring (bicyclic) bond motifs is 9. The molecule has 0 atom stereocenters. The van der Waals surface area contributed by atoms with Gasteiger partial charge in [0.2, 0.25) is 5.95 Å². The molecule has 3 nitrogen and oxygen atoms in total. The minimum absolute atomic E-state index is 0.191. The number of rotatable bonds is 2. The summed E-state index contributed by atoms with van der Waals surface area (Å²) in [6, 6.07) is 46.0. The van der Waals surface area contributed by atoms with Gasteiger partial charge in [0.15, 0.2) is 0 Å². The van der Waals surface area contributed by atoms with Gasteiger partial charge < -0.3 is 0 Å². The monoisotopic (exact) mass is 525 g/mol. The lowest BCUT2D eigenvalue weighted by atomic mass is 9.81. The first-order valence-corrected chi connectivity index (χ1v) is 14.2. The van der Waals surface area contributed by atoms with E-state index in [1.165, 1.54) is 54.8 Å². The third-order valence-corrected chi connectivity index (χ3v) is 9.07. The molecule has 3 heteroatoms. The molecule has 0 saturated carbocycles. The average Bonchev–Trinajstić information content (AvgIpc) is 3.62. The van der Waals surface area contributed by atoms with Crippen molar-refractivity contribution in [3.8, 4) is 22.8 Å². The molecule has 0 aliphatic heterocycles. The third-order valence-electron chi connectivity index (χ3n) is 9.07. The van der Waals surface area contributed by atoms with Crippen LogP contribution in [0.3, 0.4) is 0 Å². The van der Waals surface area contributed by atoms with Crippen molar-refractivity contribution in [1.29, 1.82) is 0 Å². The van der Waals surface area contributed by atoms with Gasteiger partial charge in [-0.3, -0.25) is 9.13 Å². The summed E-state index contributed by atoms with van der Waals surface area (Å²) in [5.41, 5.74) is 10.8. The smallest absolute Gasteiger partial charge is 0.220 e. The minimum Gasteiger partial charge on any atom is -0.279 e. The van der Waals surface area contributed by atoms with E-state index in [0.29, 0.717) is 0 Å². The van der Waals surface area contributed by atoms with Crippen LogP contribution >= 0.6 is 0 Å². The van der Waals surface area contributed by atoms with E-state index in [0.717, 1.165) is 22.7 Å². The van der Waals surface area contributed by atoms with Crippen LogP contribution in [-0.4, -0.2) is 14.1 Å². The molecule has 6 aromatic carbocycles. The zero-order valence-electron chi connectivity index (χ0n) is 23.0. The van der Waals surface area contributed by atoms with Crippen LogP contribution in [0.15, 0.2) is 127 Å². The van der Waals surface area contributed by atoms with E-state index in [-0.39, 0.29) is 5.41 Å². The van der Waals surface area contributed by atoms with Gasteiger partial charge in [-0.15, -0.1) is 0 Å². The number of nitrogens with zero attached hydrogens (tertiary/aromatic N) is 3. The standard InChI is InChI=1S/C38H27N3/c1-38(2)31-23-25-13-7-6-12-24(25)22-30(31)28-20-21-29-27-16-8-10-18-33(27)41(36(29)35(28)38)37-39-32-17-9-11-19-34(32)40(37)26-14-4-3-5-15-26/h3-23H,1-2H3. The number of hydrogen-bond donors (Lipinski definition) is 0. The molecule has 9 rings (SSSR count). The predicted molar refractivity (Wildman–Crippen MR) is 170 cm³/mol. The van der Waals surface area contributed by atoms with E-state index in [4.69, 9.17) is 4.98 Å². The molecule has 2 aromatic heterocycles. The highest BCUT2D eigenvalue weighted by Crippen LogP contribution is 2.53. The van der Waals surface area contributed by atoms with Crippen molar-refractivity contribution in [2.75, 3.05) is 0 Å². The van der Waals surface area contributed by atoms with Gasteiger partial charge in [-0.25, -0.2) is 4.98 Å². The molecular formula is C38H27N3. The van der Waals surface area contributed by atoms with Crippen LogP contribution in [-0.2, 0) is 5.41 Å². The van der Waals surface area contributed by atoms with Crippen molar-refractivity contribution in [2.45, 2.75) is 19.3 Å². The Morgan fingerprint density at radius 2 is 1.24 bits per heavy atom. The summed E-state index contributed by atoms with van der Waals surface area (Å²) in [5, 5.41) is 5.07. The molecule has 1 aliphatic carbocycles. The van der Waals surface area contributed by atoms with E-state index < -0.39 is 0 Å². The summed E-state index contributed by atoms with van der Waals surface area (Å²) in [7, 11) is 0. The molecule has 0 bridgehead atoms. The Hall–Kier alpha value is -5.15. The van der Waals surface area contributed by atoms with Crippen LogP contribution in [0.5, 0.6) is 0 Å². The fourth-order valence-electron chi connectivity index (χ4n) is 7.23. The van der Waals surface area contributed by atoms with E-state index in [1.54, 1.807) is 0 Å². The van der Waals surface area contributed by atoms with E-state index in [1.807, 2.05) is 0 Å². The number of para-hydroxylation sites is 4. The maximum absolute atomic E-state index is 5.32. The first kappa shape index (κ1) is 22.6. The highest BCUT2D eigenvalue weighted by molar-refractivity contribution is 6.13. The molecule has 194 valence electrons. The second-order valence-electron chi connectivity index (χ2n) is 11.7. The Kier molecular flexibility index (Phi) is 4.39.